The molecule has 0 unspecified atom stereocenters. The van der Waals surface area contributed by atoms with E-state index in [4.69, 9.17) is 12.2 Å². The molecule has 0 bridgehead atoms. The van der Waals surface area contributed by atoms with E-state index in [1.54, 1.807) is 13.8 Å². The molecular weight excluding hydrogens is 316 g/mol. The van der Waals surface area contributed by atoms with Crippen molar-refractivity contribution in [3.05, 3.63) is 52.5 Å². The summed E-state index contributed by atoms with van der Waals surface area (Å²) in [5, 5.41) is 18.4. The maximum absolute atomic E-state index is 10.9. The van der Waals surface area contributed by atoms with Crippen molar-refractivity contribution in [2.24, 2.45) is 5.10 Å². The Morgan fingerprint density at radius 2 is 2.13 bits per heavy atom. The zero-order valence-corrected chi connectivity index (χ0v) is 13.5. The van der Waals surface area contributed by atoms with Crippen LogP contribution in [0.3, 0.4) is 0 Å². The maximum atomic E-state index is 10.9. The summed E-state index contributed by atoms with van der Waals surface area (Å²) < 4.78 is 1.48. The van der Waals surface area contributed by atoms with E-state index in [1.165, 1.54) is 10.8 Å². The van der Waals surface area contributed by atoms with Crippen molar-refractivity contribution in [3.63, 3.8) is 0 Å². The summed E-state index contributed by atoms with van der Waals surface area (Å²) in [5.41, 5.74) is 4.19. The minimum atomic E-state index is -0.470. The summed E-state index contributed by atoms with van der Waals surface area (Å²) in [6.07, 6.45) is 1.23. The van der Waals surface area contributed by atoms with Gasteiger partial charge in [-0.3, -0.25) is 5.43 Å². The van der Waals surface area contributed by atoms with Gasteiger partial charge in [-0.05, 0) is 36.2 Å². The van der Waals surface area contributed by atoms with Gasteiger partial charge in [-0.2, -0.15) is 5.10 Å². The van der Waals surface area contributed by atoms with Crippen molar-refractivity contribution in [2.75, 3.05) is 5.32 Å². The topological polar surface area (TPSA) is 97.4 Å². The molecule has 0 amide bonds. The second kappa shape index (κ2) is 7.45. The van der Waals surface area contributed by atoms with Crippen LogP contribution in [0.25, 0.3) is 0 Å². The molecule has 0 atom stereocenters. The van der Waals surface area contributed by atoms with Crippen LogP contribution in [0, 0.1) is 17.0 Å². The number of aromatic nitrogens is 2. The third kappa shape index (κ3) is 4.58. The van der Waals surface area contributed by atoms with Crippen LogP contribution in [-0.2, 0) is 6.54 Å². The molecule has 2 aromatic rings. The summed E-state index contributed by atoms with van der Waals surface area (Å²) in [5.74, 6) is 0.485. The summed E-state index contributed by atoms with van der Waals surface area (Å²) in [6.45, 7) is 3.71. The number of rotatable bonds is 5. The molecule has 0 saturated heterocycles. The van der Waals surface area contributed by atoms with Crippen molar-refractivity contribution in [1.29, 1.82) is 0 Å². The fourth-order valence-corrected chi connectivity index (χ4v) is 2.05. The number of thiocarbonyl (C=S) groups is 1. The molecular formula is C14H16N6O2S. The van der Waals surface area contributed by atoms with E-state index in [2.05, 4.69) is 20.8 Å². The number of nitrogens with zero attached hydrogens (tertiary/aromatic N) is 4. The quantitative estimate of drug-likeness (QED) is 0.378. The first-order valence-corrected chi connectivity index (χ1v) is 7.20. The number of hydrogen-bond donors (Lipinski definition) is 2. The largest absolute Gasteiger partial charge is 0.358 e. The highest BCUT2D eigenvalue weighted by Gasteiger charge is 2.17. The van der Waals surface area contributed by atoms with Gasteiger partial charge in [0, 0.05) is 12.6 Å². The summed E-state index contributed by atoms with van der Waals surface area (Å²) in [6, 6.07) is 9.44. The van der Waals surface area contributed by atoms with Gasteiger partial charge in [-0.25, -0.2) is 9.55 Å². The fraction of sp³-hybridized carbons (Fsp3) is 0.214. The van der Waals surface area contributed by atoms with Crippen molar-refractivity contribution >= 4 is 34.5 Å². The van der Waals surface area contributed by atoms with Crippen LogP contribution in [0.4, 0.5) is 11.5 Å². The van der Waals surface area contributed by atoms with E-state index in [1.807, 2.05) is 30.3 Å². The smallest absolute Gasteiger partial charge is 0.343 e. The van der Waals surface area contributed by atoms with Gasteiger partial charge >= 0.3 is 5.82 Å². The molecule has 9 heteroatoms. The molecule has 0 aliphatic rings. The normalized spacial score (nSPS) is 11.1. The molecule has 1 heterocycles. The molecule has 1 aromatic carbocycles. The average Bonchev–Trinajstić information content (AvgIpc) is 2.87. The van der Waals surface area contributed by atoms with E-state index in [9.17, 15) is 10.1 Å². The standard InChI is InChI=1S/C14H16N6O2S/c1-10(9-19-11(2)15-8-13(19)20(21)22)17-18-14(23)16-12-6-4-3-5-7-12/h3-8H,9H2,1-2H3,(H2,16,18,23)/b17-10+. The zero-order valence-electron chi connectivity index (χ0n) is 12.7. The van der Waals surface area contributed by atoms with Gasteiger partial charge in [0.25, 0.3) is 0 Å². The SMILES string of the molecule is C/C(Cn1c([N+](=O)[O-])cnc1C)=N\NC(=S)Nc1ccccc1. The number of imidazole rings is 1. The van der Waals surface area contributed by atoms with Crippen LogP contribution in [0.1, 0.15) is 12.7 Å². The van der Waals surface area contributed by atoms with Crippen molar-refractivity contribution in [1.82, 2.24) is 15.0 Å². The molecule has 0 fully saturated rings. The summed E-state index contributed by atoms with van der Waals surface area (Å²) in [7, 11) is 0. The Morgan fingerprint density at radius 1 is 1.43 bits per heavy atom. The van der Waals surface area contributed by atoms with Crippen LogP contribution in [0.15, 0.2) is 41.6 Å². The fourth-order valence-electron chi connectivity index (χ4n) is 1.89. The number of hydrazone groups is 1. The van der Waals surface area contributed by atoms with Gasteiger partial charge in [-0.1, -0.05) is 18.2 Å². The molecule has 8 nitrogen and oxygen atoms in total. The first-order chi connectivity index (χ1) is 11.0. The van der Waals surface area contributed by atoms with E-state index in [0.717, 1.165) is 5.69 Å². The second-order valence-electron chi connectivity index (χ2n) is 4.79. The van der Waals surface area contributed by atoms with E-state index in [-0.39, 0.29) is 12.4 Å². The number of nitro groups is 1. The predicted octanol–water partition coefficient (Wildman–Crippen LogP) is 2.46. The number of para-hydroxylation sites is 1. The summed E-state index contributed by atoms with van der Waals surface area (Å²) >= 11 is 5.14. The lowest BCUT2D eigenvalue weighted by molar-refractivity contribution is -0.392. The predicted molar refractivity (Wildman–Crippen MR) is 92.5 cm³/mol. The number of anilines is 1. The molecule has 0 spiro atoms. The first-order valence-electron chi connectivity index (χ1n) is 6.79. The Kier molecular flexibility index (Phi) is 5.36. The first kappa shape index (κ1) is 16.6. The van der Waals surface area contributed by atoms with Gasteiger partial charge in [-0.15, -0.1) is 0 Å². The molecule has 1 aromatic heterocycles. The van der Waals surface area contributed by atoms with Gasteiger partial charge in [0.05, 0.1) is 5.71 Å². The number of benzene rings is 1. The van der Waals surface area contributed by atoms with Crippen LogP contribution >= 0.6 is 12.2 Å². The van der Waals surface area contributed by atoms with E-state index < -0.39 is 4.92 Å². The zero-order chi connectivity index (χ0) is 16.8. The lowest BCUT2D eigenvalue weighted by Gasteiger charge is -2.08. The van der Waals surface area contributed by atoms with E-state index in [0.29, 0.717) is 16.6 Å². The Labute approximate surface area is 138 Å². The van der Waals surface area contributed by atoms with Crippen LogP contribution < -0.4 is 10.7 Å². The average molecular weight is 332 g/mol. The van der Waals surface area contributed by atoms with Gasteiger partial charge in [0.15, 0.2) is 10.9 Å². The minimum Gasteiger partial charge on any atom is -0.358 e. The minimum absolute atomic E-state index is 0.0676. The highest BCUT2D eigenvalue weighted by molar-refractivity contribution is 7.80. The lowest BCUT2D eigenvalue weighted by atomic mass is 10.3. The second-order valence-corrected chi connectivity index (χ2v) is 5.19. The molecule has 0 saturated carbocycles. The Bertz CT molecular complexity index is 741. The third-order valence-corrected chi connectivity index (χ3v) is 3.18. The highest BCUT2D eigenvalue weighted by atomic mass is 32.1. The van der Waals surface area contributed by atoms with Crippen LogP contribution in [0.2, 0.25) is 0 Å². The van der Waals surface area contributed by atoms with E-state index >= 15 is 0 Å². The molecule has 2 N–H and O–H groups in total. The van der Waals surface area contributed by atoms with Crippen LogP contribution in [-0.4, -0.2) is 25.3 Å². The molecule has 23 heavy (non-hydrogen) atoms. The Morgan fingerprint density at radius 3 is 2.78 bits per heavy atom. The molecule has 0 radical (unpaired) electrons. The monoisotopic (exact) mass is 332 g/mol. The third-order valence-electron chi connectivity index (χ3n) is 2.99. The van der Waals surface area contributed by atoms with Crippen molar-refractivity contribution in [3.8, 4) is 0 Å². The molecule has 120 valence electrons. The molecule has 0 aliphatic carbocycles. The van der Waals surface area contributed by atoms with Crippen LogP contribution in [0.5, 0.6) is 0 Å². The number of nitrogens with one attached hydrogen (secondary N) is 2. The highest BCUT2D eigenvalue weighted by Crippen LogP contribution is 2.13. The van der Waals surface area contributed by atoms with Crippen molar-refractivity contribution < 1.29 is 4.92 Å². The van der Waals surface area contributed by atoms with Gasteiger partial charge in [0.1, 0.15) is 12.7 Å². The summed E-state index contributed by atoms with van der Waals surface area (Å²) in [4.78, 5) is 14.4. The molecule has 0 aliphatic heterocycles. The Balaban J connectivity index is 1.97. The number of hydrogen-bond acceptors (Lipinski definition) is 5. The van der Waals surface area contributed by atoms with Crippen molar-refractivity contribution in [2.45, 2.75) is 20.4 Å². The number of aryl methyl sites for hydroxylation is 1. The molecule has 2 rings (SSSR count). The maximum Gasteiger partial charge on any atom is 0.343 e. The Hall–Kier alpha value is -2.81. The lowest BCUT2D eigenvalue weighted by Crippen LogP contribution is -2.25. The van der Waals surface area contributed by atoms with Gasteiger partial charge < -0.3 is 15.4 Å². The van der Waals surface area contributed by atoms with Gasteiger partial charge in [0.2, 0.25) is 0 Å².